The minimum Gasteiger partial charge on any atom is -0.352 e. The molecule has 2 aromatic heterocycles. The number of nitrogens with zero attached hydrogens (tertiary/aromatic N) is 2. The molecule has 4 N–H and O–H groups in total. The van der Waals surface area contributed by atoms with Gasteiger partial charge >= 0.3 is 0 Å². The number of pyridine rings is 2. The first-order chi connectivity index (χ1) is 25.8. The number of hydrogen-bond acceptors (Lipinski definition) is 6. The van der Waals surface area contributed by atoms with Crippen LogP contribution in [0.2, 0.25) is 0 Å². The Balaban J connectivity index is 1.04. The van der Waals surface area contributed by atoms with Crippen molar-refractivity contribution in [3.8, 4) is 22.5 Å². The van der Waals surface area contributed by atoms with E-state index in [9.17, 15) is 23.6 Å². The number of carbonyl (C=O) groups is 4. The summed E-state index contributed by atoms with van der Waals surface area (Å²) in [6, 6.07) is 12.1. The van der Waals surface area contributed by atoms with Crippen LogP contribution in [0.5, 0.6) is 0 Å². The molecule has 2 aromatic carbocycles. The number of nitrogens with one attached hydrogen (secondary N) is 4. The van der Waals surface area contributed by atoms with Gasteiger partial charge in [-0.2, -0.15) is 0 Å². The fourth-order valence-electron chi connectivity index (χ4n) is 6.32. The molecule has 2 fully saturated rings. The zero-order valence-electron chi connectivity index (χ0n) is 31.2. The lowest BCUT2D eigenvalue weighted by molar-refractivity contribution is 0.0922. The smallest absolute Gasteiger partial charge is 0.253 e. The normalized spacial score (nSPS) is 16.7. The van der Waals surface area contributed by atoms with E-state index in [0.29, 0.717) is 70.1 Å². The predicted molar refractivity (Wildman–Crippen MR) is 202 cm³/mol. The highest BCUT2D eigenvalue weighted by Crippen LogP contribution is 2.36. The number of halogens is 2. The van der Waals surface area contributed by atoms with Gasteiger partial charge in [0.25, 0.3) is 23.6 Å². The van der Waals surface area contributed by atoms with Gasteiger partial charge in [0, 0.05) is 59.3 Å². The predicted octanol–water partition coefficient (Wildman–Crippen LogP) is 6.70. The van der Waals surface area contributed by atoms with Crippen LogP contribution in [-0.2, 0) is 0 Å². The Kier molecular flexibility index (Phi) is 11.5. The number of carbonyl (C=O) groups excluding carboxylic acids is 4. The summed E-state index contributed by atoms with van der Waals surface area (Å²) in [5.74, 6) is -1.87. The number of hydrogen-bond donors (Lipinski definition) is 4. The fraction of sp³-hybridized carbons (Fsp3) is 0.381. The van der Waals surface area contributed by atoms with E-state index in [-0.39, 0.29) is 52.9 Å². The van der Waals surface area contributed by atoms with Crippen molar-refractivity contribution >= 4 is 23.6 Å². The largest absolute Gasteiger partial charge is 0.352 e. The van der Waals surface area contributed by atoms with Crippen LogP contribution in [0, 0.1) is 37.3 Å². The molecule has 4 amide bonds. The lowest BCUT2D eigenvalue weighted by Gasteiger charge is -2.17. The quantitative estimate of drug-likeness (QED) is 0.114. The van der Waals surface area contributed by atoms with E-state index >= 15 is 4.39 Å². The molecule has 0 aliphatic heterocycles. The maximum absolute atomic E-state index is 15.1. The second-order valence-electron chi connectivity index (χ2n) is 14.9. The Labute approximate surface area is 314 Å². The van der Waals surface area contributed by atoms with Gasteiger partial charge in [-0.15, -0.1) is 0 Å². The van der Waals surface area contributed by atoms with Gasteiger partial charge in [-0.25, -0.2) is 8.78 Å². The Morgan fingerprint density at radius 1 is 0.741 bits per heavy atom. The lowest BCUT2D eigenvalue weighted by atomic mass is 10.00. The minimum absolute atomic E-state index is 0.121. The van der Waals surface area contributed by atoms with E-state index in [1.165, 1.54) is 24.5 Å². The lowest BCUT2D eigenvalue weighted by Crippen LogP contribution is -2.35. The van der Waals surface area contributed by atoms with Gasteiger partial charge in [0.15, 0.2) is 0 Å². The van der Waals surface area contributed by atoms with Crippen molar-refractivity contribution < 1.29 is 28.0 Å². The summed E-state index contributed by atoms with van der Waals surface area (Å²) < 4.78 is 29.8. The highest BCUT2D eigenvalue weighted by atomic mass is 19.1. The van der Waals surface area contributed by atoms with Gasteiger partial charge in [0.1, 0.15) is 11.6 Å². The van der Waals surface area contributed by atoms with Crippen LogP contribution in [0.25, 0.3) is 22.5 Å². The molecule has 0 spiro atoms. The molecule has 0 saturated heterocycles. The second kappa shape index (κ2) is 16.2. The molecule has 0 radical (unpaired) electrons. The van der Waals surface area contributed by atoms with Gasteiger partial charge in [-0.05, 0) is 117 Å². The van der Waals surface area contributed by atoms with Crippen LogP contribution in [0.3, 0.4) is 0 Å². The average molecular weight is 737 g/mol. The number of aromatic nitrogens is 2. The molecular formula is C42H46F2N6O4. The number of amides is 4. The molecule has 3 unspecified atom stereocenters. The number of rotatable bonds is 14. The van der Waals surface area contributed by atoms with Crippen molar-refractivity contribution in [3.63, 3.8) is 0 Å². The Bertz CT molecular complexity index is 2060. The van der Waals surface area contributed by atoms with Crippen molar-refractivity contribution in [2.45, 2.75) is 84.8 Å². The van der Waals surface area contributed by atoms with Gasteiger partial charge in [0.05, 0.1) is 22.5 Å². The van der Waals surface area contributed by atoms with Gasteiger partial charge in [-0.3, -0.25) is 29.1 Å². The van der Waals surface area contributed by atoms with E-state index in [1.54, 1.807) is 50.2 Å². The van der Waals surface area contributed by atoms with Crippen LogP contribution >= 0.6 is 0 Å². The summed E-state index contributed by atoms with van der Waals surface area (Å²) in [5, 5.41) is 11.8. The van der Waals surface area contributed by atoms with Crippen molar-refractivity contribution in [1.82, 2.24) is 31.2 Å². The van der Waals surface area contributed by atoms with Crippen LogP contribution in [-0.4, -0.2) is 58.3 Å². The van der Waals surface area contributed by atoms with Crippen LogP contribution in [0.1, 0.15) is 105 Å². The molecule has 2 heterocycles. The third-order valence-corrected chi connectivity index (χ3v) is 10.1. The SMILES string of the molecule is CCC(CC1CC1NC(=O)c1cc(F)c(C)c(-c2ccc(C(=O)NCC(C)C)cn2)c1)NC(=O)c1ccc(-c2cc(C(=O)NC3CC3)cc(F)c2C)nc1. The van der Waals surface area contributed by atoms with Crippen LogP contribution in [0.15, 0.2) is 60.9 Å². The average Bonchev–Trinajstić information content (AvgIpc) is 4.11. The van der Waals surface area contributed by atoms with E-state index in [4.69, 9.17) is 0 Å². The highest BCUT2D eigenvalue weighted by molar-refractivity contribution is 5.98. The topological polar surface area (TPSA) is 142 Å². The molecule has 54 heavy (non-hydrogen) atoms. The Morgan fingerprint density at radius 2 is 1.28 bits per heavy atom. The summed E-state index contributed by atoms with van der Waals surface area (Å²) >= 11 is 0. The van der Waals surface area contributed by atoms with E-state index in [1.807, 2.05) is 20.8 Å². The Morgan fingerprint density at radius 3 is 1.76 bits per heavy atom. The summed E-state index contributed by atoms with van der Waals surface area (Å²) in [6.45, 7) is 9.76. The molecule has 10 nitrogen and oxygen atoms in total. The molecule has 4 aromatic rings. The summed E-state index contributed by atoms with van der Waals surface area (Å²) in [7, 11) is 0. The molecule has 2 saturated carbocycles. The first-order valence-electron chi connectivity index (χ1n) is 18.5. The van der Waals surface area contributed by atoms with Gasteiger partial charge in [-0.1, -0.05) is 20.8 Å². The molecule has 6 rings (SSSR count). The monoisotopic (exact) mass is 736 g/mol. The Hall–Kier alpha value is -5.52. The zero-order chi connectivity index (χ0) is 38.7. The van der Waals surface area contributed by atoms with Crippen molar-refractivity contribution in [3.05, 3.63) is 106 Å². The fourth-order valence-corrected chi connectivity index (χ4v) is 6.32. The minimum atomic E-state index is -0.533. The van der Waals surface area contributed by atoms with E-state index in [0.717, 1.165) is 19.3 Å². The molecule has 0 bridgehead atoms. The third kappa shape index (κ3) is 9.15. The maximum atomic E-state index is 15.1. The van der Waals surface area contributed by atoms with Gasteiger partial charge in [0.2, 0.25) is 0 Å². The first kappa shape index (κ1) is 38.2. The molecular weight excluding hydrogens is 690 g/mol. The van der Waals surface area contributed by atoms with Crippen LogP contribution in [0.4, 0.5) is 8.78 Å². The number of benzene rings is 2. The standard InChI is InChI=1S/C42H46F2N6O4/c1-6-30(48-40(52)26-8-12-37(46-21-26)32-14-28(16-34(43)23(32)4)41(53)49-31-9-10-31)13-27-18-38(27)50-42(54)29-15-33(24(5)35(44)17-29)36-11-7-25(20-45-36)39(51)47-19-22(2)3/h7-8,11-12,14-17,20-22,27,30-31,38H,6,9-10,13,18-19H2,1-5H3,(H,47,51)(H,48,52)(H,49,53)(H,50,54). The molecule has 2 aliphatic carbocycles. The first-order valence-corrected chi connectivity index (χ1v) is 18.5. The van der Waals surface area contributed by atoms with E-state index in [2.05, 4.69) is 31.2 Å². The summed E-state index contributed by atoms with van der Waals surface area (Å²) in [6.07, 6.45) is 6.76. The maximum Gasteiger partial charge on any atom is 0.253 e. The summed E-state index contributed by atoms with van der Waals surface area (Å²) in [4.78, 5) is 60.3. The third-order valence-electron chi connectivity index (χ3n) is 10.1. The second-order valence-corrected chi connectivity index (χ2v) is 14.9. The highest BCUT2D eigenvalue weighted by Gasteiger charge is 2.40. The van der Waals surface area contributed by atoms with Crippen molar-refractivity contribution in [1.29, 1.82) is 0 Å². The van der Waals surface area contributed by atoms with Crippen LogP contribution < -0.4 is 21.3 Å². The molecule has 282 valence electrons. The van der Waals surface area contributed by atoms with Crippen molar-refractivity contribution in [2.75, 3.05) is 6.54 Å². The van der Waals surface area contributed by atoms with Crippen molar-refractivity contribution in [2.24, 2.45) is 11.8 Å². The molecule has 2 aliphatic rings. The summed E-state index contributed by atoms with van der Waals surface area (Å²) in [5.41, 5.74) is 3.67. The van der Waals surface area contributed by atoms with Gasteiger partial charge < -0.3 is 21.3 Å². The molecule has 12 heteroatoms. The zero-order valence-corrected chi connectivity index (χ0v) is 31.2. The van der Waals surface area contributed by atoms with E-state index < -0.39 is 17.5 Å². The molecule has 3 atom stereocenters.